The first-order valence-corrected chi connectivity index (χ1v) is 7.03. The van der Waals surface area contributed by atoms with Crippen LogP contribution in [-0.2, 0) is 9.59 Å². The minimum Gasteiger partial charge on any atom is -0.493 e. The summed E-state index contributed by atoms with van der Waals surface area (Å²) in [5, 5.41) is 2.36. The third-order valence-corrected chi connectivity index (χ3v) is 3.67. The van der Waals surface area contributed by atoms with Gasteiger partial charge in [0.15, 0.2) is 11.5 Å². The van der Waals surface area contributed by atoms with E-state index >= 15 is 0 Å². The first kappa shape index (κ1) is 14.8. The topological polar surface area (TPSA) is 64.6 Å². The van der Waals surface area contributed by atoms with Crippen LogP contribution < -0.4 is 14.8 Å². The van der Waals surface area contributed by atoms with E-state index in [0.29, 0.717) is 33.8 Å². The van der Waals surface area contributed by atoms with Crippen molar-refractivity contribution in [1.82, 2.24) is 5.32 Å². The van der Waals surface area contributed by atoms with Crippen LogP contribution in [0, 0.1) is 0 Å². The van der Waals surface area contributed by atoms with Gasteiger partial charge in [0.25, 0.3) is 11.8 Å². The van der Waals surface area contributed by atoms with Gasteiger partial charge in [0.1, 0.15) is 0 Å². The molecule has 0 atom stereocenters. The fourth-order valence-corrected chi connectivity index (χ4v) is 2.60. The maximum Gasteiger partial charge on any atom is 0.259 e. The number of amides is 2. The zero-order chi connectivity index (χ0) is 16.4. The second-order valence-corrected chi connectivity index (χ2v) is 4.97. The summed E-state index contributed by atoms with van der Waals surface area (Å²) in [6, 6.07) is 14.2. The number of rotatable bonds is 4. The molecule has 5 heteroatoms. The van der Waals surface area contributed by atoms with Crippen molar-refractivity contribution in [3.8, 4) is 11.5 Å². The van der Waals surface area contributed by atoms with Crippen LogP contribution in [0.1, 0.15) is 11.1 Å². The fourth-order valence-electron chi connectivity index (χ4n) is 2.60. The van der Waals surface area contributed by atoms with Gasteiger partial charge in [-0.15, -0.1) is 0 Å². The molecule has 2 aromatic carbocycles. The molecule has 1 aliphatic rings. The fraction of sp³-hybridized carbons (Fsp3) is 0.111. The molecule has 0 radical (unpaired) electrons. The quantitative estimate of drug-likeness (QED) is 0.880. The summed E-state index contributed by atoms with van der Waals surface area (Å²) >= 11 is 0. The molecule has 5 nitrogen and oxygen atoms in total. The number of benzene rings is 2. The molecule has 2 aromatic rings. The van der Waals surface area contributed by atoms with E-state index in [2.05, 4.69) is 5.32 Å². The molecule has 0 fully saturated rings. The third-order valence-electron chi connectivity index (χ3n) is 3.67. The zero-order valence-corrected chi connectivity index (χ0v) is 12.8. The third kappa shape index (κ3) is 2.57. The summed E-state index contributed by atoms with van der Waals surface area (Å²) < 4.78 is 10.5. The van der Waals surface area contributed by atoms with E-state index < -0.39 is 11.8 Å². The predicted molar refractivity (Wildman–Crippen MR) is 86.0 cm³/mol. The molecule has 0 spiro atoms. The monoisotopic (exact) mass is 309 g/mol. The van der Waals surface area contributed by atoms with Crippen molar-refractivity contribution in [2.24, 2.45) is 0 Å². The van der Waals surface area contributed by atoms with Crippen LogP contribution in [0.15, 0.2) is 48.5 Å². The van der Waals surface area contributed by atoms with E-state index in [0.717, 1.165) is 0 Å². The molecule has 0 bridgehead atoms. The molecular formula is C18H15NO4. The molecule has 23 heavy (non-hydrogen) atoms. The largest absolute Gasteiger partial charge is 0.493 e. The maximum atomic E-state index is 12.3. The number of hydrogen-bond donors (Lipinski definition) is 1. The van der Waals surface area contributed by atoms with Gasteiger partial charge in [-0.1, -0.05) is 36.4 Å². The Morgan fingerprint density at radius 3 is 1.96 bits per heavy atom. The van der Waals surface area contributed by atoms with Crippen LogP contribution >= 0.6 is 0 Å². The van der Waals surface area contributed by atoms with Gasteiger partial charge < -0.3 is 9.47 Å². The lowest BCUT2D eigenvalue weighted by Crippen LogP contribution is -2.22. The summed E-state index contributed by atoms with van der Waals surface area (Å²) in [7, 11) is 3.06. The second-order valence-electron chi connectivity index (χ2n) is 4.97. The Morgan fingerprint density at radius 2 is 1.35 bits per heavy atom. The Kier molecular flexibility index (Phi) is 3.85. The summed E-state index contributed by atoms with van der Waals surface area (Å²) in [4.78, 5) is 24.5. The minimum atomic E-state index is -0.416. The van der Waals surface area contributed by atoms with Crippen molar-refractivity contribution in [2.45, 2.75) is 0 Å². The van der Waals surface area contributed by atoms with Crippen molar-refractivity contribution in [3.63, 3.8) is 0 Å². The molecule has 3 rings (SSSR count). The van der Waals surface area contributed by atoms with Gasteiger partial charge in [-0.05, 0) is 23.3 Å². The predicted octanol–water partition coefficient (Wildman–Crippen LogP) is 2.27. The molecule has 0 aliphatic carbocycles. The highest BCUT2D eigenvalue weighted by Crippen LogP contribution is 2.35. The van der Waals surface area contributed by atoms with Crippen molar-refractivity contribution in [1.29, 1.82) is 0 Å². The summed E-state index contributed by atoms with van der Waals surface area (Å²) in [6.07, 6.45) is 0. The highest BCUT2D eigenvalue weighted by molar-refractivity contribution is 6.49. The molecule has 1 heterocycles. The van der Waals surface area contributed by atoms with Gasteiger partial charge in [0.2, 0.25) is 0 Å². The molecule has 1 aliphatic heterocycles. The number of hydrogen-bond acceptors (Lipinski definition) is 4. The highest BCUT2D eigenvalue weighted by Gasteiger charge is 2.32. The van der Waals surface area contributed by atoms with E-state index in [9.17, 15) is 9.59 Å². The van der Waals surface area contributed by atoms with Crippen LogP contribution in [0.25, 0.3) is 11.1 Å². The smallest absolute Gasteiger partial charge is 0.259 e. The molecule has 0 saturated carbocycles. The van der Waals surface area contributed by atoms with Crippen molar-refractivity contribution in [2.75, 3.05) is 14.2 Å². The SMILES string of the molecule is COc1ccc(C2=C(c3ccccc3)C(=O)NC2=O)cc1OC. The average Bonchev–Trinajstić information content (AvgIpc) is 2.89. The van der Waals surface area contributed by atoms with Crippen LogP contribution in [0.4, 0.5) is 0 Å². The Morgan fingerprint density at radius 1 is 0.739 bits per heavy atom. The van der Waals surface area contributed by atoms with E-state index in [1.165, 1.54) is 14.2 Å². The van der Waals surface area contributed by atoms with Gasteiger partial charge in [0, 0.05) is 0 Å². The molecule has 0 unspecified atom stereocenters. The molecule has 1 N–H and O–H groups in total. The van der Waals surface area contributed by atoms with Crippen LogP contribution in [0.5, 0.6) is 11.5 Å². The van der Waals surface area contributed by atoms with Gasteiger partial charge in [-0.2, -0.15) is 0 Å². The van der Waals surface area contributed by atoms with E-state index in [1.807, 2.05) is 18.2 Å². The maximum absolute atomic E-state index is 12.3. The van der Waals surface area contributed by atoms with E-state index in [-0.39, 0.29) is 0 Å². The number of carbonyl (C=O) groups excluding carboxylic acids is 2. The molecule has 116 valence electrons. The lowest BCUT2D eigenvalue weighted by Gasteiger charge is -2.10. The molecule has 2 amide bonds. The number of imide groups is 1. The lowest BCUT2D eigenvalue weighted by atomic mass is 9.96. The Labute approximate surface area is 133 Å². The van der Waals surface area contributed by atoms with Gasteiger partial charge in [-0.25, -0.2) is 0 Å². The standard InChI is InChI=1S/C18H15NO4/c1-22-13-9-8-12(10-14(13)23-2)16-15(17(20)19-18(16)21)11-6-4-3-5-7-11/h3-10H,1-2H3,(H,19,20,21). The van der Waals surface area contributed by atoms with Crippen molar-refractivity contribution in [3.05, 3.63) is 59.7 Å². The number of nitrogens with one attached hydrogen (secondary N) is 1. The Hall–Kier alpha value is -3.08. The molecule has 0 aromatic heterocycles. The van der Waals surface area contributed by atoms with E-state index in [1.54, 1.807) is 30.3 Å². The molecular weight excluding hydrogens is 294 g/mol. The number of carbonyl (C=O) groups is 2. The van der Waals surface area contributed by atoms with Crippen molar-refractivity contribution >= 4 is 23.0 Å². The average molecular weight is 309 g/mol. The zero-order valence-electron chi connectivity index (χ0n) is 12.8. The normalized spacial score (nSPS) is 14.0. The summed E-state index contributed by atoms with van der Waals surface area (Å²) in [5.74, 6) is 0.243. The van der Waals surface area contributed by atoms with Crippen LogP contribution in [-0.4, -0.2) is 26.0 Å². The van der Waals surface area contributed by atoms with Gasteiger partial charge in [-0.3, -0.25) is 14.9 Å². The lowest BCUT2D eigenvalue weighted by molar-refractivity contribution is -0.122. The molecule has 0 saturated heterocycles. The van der Waals surface area contributed by atoms with E-state index in [4.69, 9.17) is 9.47 Å². The number of ether oxygens (including phenoxy) is 2. The first-order chi connectivity index (χ1) is 11.2. The van der Waals surface area contributed by atoms with Gasteiger partial charge in [0.05, 0.1) is 25.4 Å². The van der Waals surface area contributed by atoms with Gasteiger partial charge >= 0.3 is 0 Å². The van der Waals surface area contributed by atoms with Crippen LogP contribution in [0.3, 0.4) is 0 Å². The number of methoxy groups -OCH3 is 2. The Balaban J connectivity index is 2.20. The Bertz CT molecular complexity index is 809. The van der Waals surface area contributed by atoms with Crippen LogP contribution in [0.2, 0.25) is 0 Å². The first-order valence-electron chi connectivity index (χ1n) is 7.03. The van der Waals surface area contributed by atoms with Crippen molar-refractivity contribution < 1.29 is 19.1 Å². The highest BCUT2D eigenvalue weighted by atomic mass is 16.5. The summed E-state index contributed by atoms with van der Waals surface area (Å²) in [5.41, 5.74) is 2.00. The second kappa shape index (κ2) is 5.96. The summed E-state index contributed by atoms with van der Waals surface area (Å²) in [6.45, 7) is 0. The minimum absolute atomic E-state index is 0.335.